The lowest BCUT2D eigenvalue weighted by atomic mass is 9.99. The van der Waals surface area contributed by atoms with E-state index in [0.717, 1.165) is 10.2 Å². The predicted molar refractivity (Wildman–Crippen MR) is 93.9 cm³/mol. The van der Waals surface area contributed by atoms with Gasteiger partial charge in [-0.25, -0.2) is 4.98 Å². The number of amides is 2. The fourth-order valence-corrected chi connectivity index (χ4v) is 3.17. The normalized spacial score (nSPS) is 17.9. The Balaban J connectivity index is 1.85. The summed E-state index contributed by atoms with van der Waals surface area (Å²) >= 11 is 3.40. The van der Waals surface area contributed by atoms with E-state index in [1.165, 1.54) is 0 Å². The molecule has 1 atom stereocenters. The molecule has 3 rings (SSSR count). The molecule has 1 aliphatic heterocycles. The van der Waals surface area contributed by atoms with Gasteiger partial charge in [0, 0.05) is 29.4 Å². The number of hydrogen-bond acceptors (Lipinski definition) is 3. The first-order valence-electron chi connectivity index (χ1n) is 7.86. The minimum Gasteiger partial charge on any atom is -0.353 e. The molecule has 24 heavy (non-hydrogen) atoms. The van der Waals surface area contributed by atoms with Gasteiger partial charge in [-0.2, -0.15) is 0 Å². The molecule has 1 aliphatic rings. The minimum absolute atomic E-state index is 0.0443. The monoisotopic (exact) mass is 390 g/mol. The molecule has 2 aromatic rings. The second kappa shape index (κ2) is 6.76. The molecule has 0 saturated carbocycles. The number of carbonyl (C=O) groups excluding carboxylic acids is 2. The summed E-state index contributed by atoms with van der Waals surface area (Å²) in [5, 5.41) is 2.82. The van der Waals surface area contributed by atoms with Crippen LogP contribution >= 0.6 is 15.9 Å². The highest BCUT2D eigenvalue weighted by atomic mass is 79.9. The average molecular weight is 391 g/mol. The van der Waals surface area contributed by atoms with Crippen LogP contribution in [-0.4, -0.2) is 45.4 Å². The standard InChI is InChI=1S/C17H19BrN4O2/c1-11(2)15-16(23)19-7-8-22(15)17(24)14-9-21(10-20-14)13-5-3-12(18)4-6-13/h3-6,9-11,15H,7-8H2,1-2H3,(H,19,23). The molecule has 0 spiro atoms. The number of piperazine rings is 1. The molecule has 2 heterocycles. The first kappa shape index (κ1) is 16.7. The number of hydrogen-bond donors (Lipinski definition) is 1. The van der Waals surface area contributed by atoms with Crippen LogP contribution < -0.4 is 5.32 Å². The van der Waals surface area contributed by atoms with Gasteiger partial charge in [-0.05, 0) is 30.2 Å². The van der Waals surface area contributed by atoms with E-state index in [2.05, 4.69) is 26.2 Å². The quantitative estimate of drug-likeness (QED) is 0.873. The van der Waals surface area contributed by atoms with Gasteiger partial charge in [0.25, 0.3) is 5.91 Å². The third-order valence-electron chi connectivity index (χ3n) is 4.08. The van der Waals surface area contributed by atoms with Gasteiger partial charge in [-0.15, -0.1) is 0 Å². The fraction of sp³-hybridized carbons (Fsp3) is 0.353. The van der Waals surface area contributed by atoms with Gasteiger partial charge in [0.1, 0.15) is 18.1 Å². The van der Waals surface area contributed by atoms with Crippen molar-refractivity contribution in [2.75, 3.05) is 13.1 Å². The lowest BCUT2D eigenvalue weighted by molar-refractivity contribution is -0.129. The number of aromatic nitrogens is 2. The number of rotatable bonds is 3. The molecule has 1 fully saturated rings. The lowest BCUT2D eigenvalue weighted by Gasteiger charge is -2.36. The van der Waals surface area contributed by atoms with E-state index in [1.807, 2.05) is 38.1 Å². The molecule has 126 valence electrons. The maximum Gasteiger partial charge on any atom is 0.274 e. The van der Waals surface area contributed by atoms with Gasteiger partial charge in [-0.3, -0.25) is 9.59 Å². The zero-order valence-corrected chi connectivity index (χ0v) is 15.2. The molecule has 1 aromatic heterocycles. The third-order valence-corrected chi connectivity index (χ3v) is 4.60. The smallest absolute Gasteiger partial charge is 0.274 e. The summed E-state index contributed by atoms with van der Waals surface area (Å²) in [4.78, 5) is 30.8. The van der Waals surface area contributed by atoms with Crippen molar-refractivity contribution < 1.29 is 9.59 Å². The number of halogens is 1. The average Bonchev–Trinajstić information content (AvgIpc) is 3.04. The Bertz CT molecular complexity index is 754. The molecular formula is C17H19BrN4O2. The van der Waals surface area contributed by atoms with Crippen molar-refractivity contribution in [2.24, 2.45) is 5.92 Å². The number of carbonyl (C=O) groups is 2. The summed E-state index contributed by atoms with van der Waals surface area (Å²) in [6.07, 6.45) is 3.32. The fourth-order valence-electron chi connectivity index (χ4n) is 2.91. The van der Waals surface area contributed by atoms with Crippen LogP contribution in [0.4, 0.5) is 0 Å². The largest absolute Gasteiger partial charge is 0.353 e. The maximum atomic E-state index is 12.8. The zero-order valence-electron chi connectivity index (χ0n) is 13.6. The molecule has 1 unspecified atom stereocenters. The van der Waals surface area contributed by atoms with Crippen molar-refractivity contribution >= 4 is 27.7 Å². The van der Waals surface area contributed by atoms with Crippen LogP contribution in [0.15, 0.2) is 41.3 Å². The molecule has 1 aromatic carbocycles. The van der Waals surface area contributed by atoms with Crippen LogP contribution in [0, 0.1) is 5.92 Å². The number of imidazole rings is 1. The first-order valence-corrected chi connectivity index (χ1v) is 8.65. The zero-order chi connectivity index (χ0) is 17.3. The summed E-state index contributed by atoms with van der Waals surface area (Å²) in [5.74, 6) is -0.265. The van der Waals surface area contributed by atoms with Crippen LogP contribution in [0.5, 0.6) is 0 Å². The molecule has 0 radical (unpaired) electrons. The Morgan fingerprint density at radius 3 is 2.71 bits per heavy atom. The second-order valence-corrected chi connectivity index (χ2v) is 7.04. The van der Waals surface area contributed by atoms with Crippen molar-refractivity contribution in [3.8, 4) is 5.69 Å². The molecule has 1 saturated heterocycles. The van der Waals surface area contributed by atoms with Gasteiger partial charge < -0.3 is 14.8 Å². The van der Waals surface area contributed by atoms with Crippen molar-refractivity contribution in [2.45, 2.75) is 19.9 Å². The Morgan fingerprint density at radius 2 is 2.04 bits per heavy atom. The number of nitrogens with one attached hydrogen (secondary N) is 1. The molecule has 0 aliphatic carbocycles. The third kappa shape index (κ3) is 3.21. The predicted octanol–water partition coefficient (Wildman–Crippen LogP) is 2.23. The van der Waals surface area contributed by atoms with Crippen molar-refractivity contribution in [3.63, 3.8) is 0 Å². The van der Waals surface area contributed by atoms with Crippen LogP contribution in [0.25, 0.3) is 5.69 Å². The molecule has 6 nitrogen and oxygen atoms in total. The van der Waals surface area contributed by atoms with E-state index in [4.69, 9.17) is 0 Å². The van der Waals surface area contributed by atoms with Crippen LogP contribution in [0.2, 0.25) is 0 Å². The molecule has 1 N–H and O–H groups in total. The van der Waals surface area contributed by atoms with Gasteiger partial charge in [0.15, 0.2) is 0 Å². The van der Waals surface area contributed by atoms with E-state index < -0.39 is 6.04 Å². The minimum atomic E-state index is -0.455. The maximum absolute atomic E-state index is 12.8. The Kier molecular flexibility index (Phi) is 4.71. The summed E-state index contributed by atoms with van der Waals surface area (Å²) in [6.45, 7) is 4.85. The van der Waals surface area contributed by atoms with Gasteiger partial charge in [0.2, 0.25) is 5.91 Å². The highest BCUT2D eigenvalue weighted by Crippen LogP contribution is 2.18. The molecule has 7 heteroatoms. The van der Waals surface area contributed by atoms with Gasteiger partial charge >= 0.3 is 0 Å². The summed E-state index contributed by atoms with van der Waals surface area (Å²) in [5.41, 5.74) is 1.26. The summed E-state index contributed by atoms with van der Waals surface area (Å²) in [7, 11) is 0. The van der Waals surface area contributed by atoms with Gasteiger partial charge in [0.05, 0.1) is 0 Å². The SMILES string of the molecule is CC(C)C1C(=O)NCCN1C(=O)c1cn(-c2ccc(Br)cc2)cn1. The second-order valence-electron chi connectivity index (χ2n) is 6.12. The molecule has 0 bridgehead atoms. The Labute approximate surface area is 149 Å². The Hall–Kier alpha value is -2.15. The van der Waals surface area contributed by atoms with E-state index in [9.17, 15) is 9.59 Å². The number of nitrogens with zero attached hydrogens (tertiary/aromatic N) is 3. The van der Waals surface area contributed by atoms with Crippen molar-refractivity contribution in [3.05, 3.63) is 47.0 Å². The van der Waals surface area contributed by atoms with E-state index in [1.54, 1.807) is 22.0 Å². The first-order chi connectivity index (χ1) is 11.5. The van der Waals surface area contributed by atoms with Crippen molar-refractivity contribution in [1.82, 2.24) is 19.8 Å². The molecule has 2 amide bonds. The van der Waals surface area contributed by atoms with Gasteiger partial charge in [-0.1, -0.05) is 29.8 Å². The van der Waals surface area contributed by atoms with E-state index >= 15 is 0 Å². The highest BCUT2D eigenvalue weighted by molar-refractivity contribution is 9.10. The van der Waals surface area contributed by atoms with Crippen LogP contribution in [-0.2, 0) is 4.79 Å². The lowest BCUT2D eigenvalue weighted by Crippen LogP contribution is -2.59. The van der Waals surface area contributed by atoms with Crippen LogP contribution in [0.3, 0.4) is 0 Å². The molecular weight excluding hydrogens is 372 g/mol. The highest BCUT2D eigenvalue weighted by Gasteiger charge is 2.36. The summed E-state index contributed by atoms with van der Waals surface area (Å²) in [6, 6.07) is 7.28. The Morgan fingerprint density at radius 1 is 1.33 bits per heavy atom. The topological polar surface area (TPSA) is 67.2 Å². The van der Waals surface area contributed by atoms with E-state index in [0.29, 0.717) is 18.8 Å². The number of benzene rings is 1. The summed E-state index contributed by atoms with van der Waals surface area (Å²) < 4.78 is 2.79. The van der Waals surface area contributed by atoms with Crippen LogP contribution in [0.1, 0.15) is 24.3 Å². The van der Waals surface area contributed by atoms with E-state index in [-0.39, 0.29) is 17.7 Å². The van der Waals surface area contributed by atoms with Crippen molar-refractivity contribution in [1.29, 1.82) is 0 Å².